The number of ether oxygens (including phenoxy) is 1. The summed E-state index contributed by atoms with van der Waals surface area (Å²) in [7, 11) is 0. The van der Waals surface area contributed by atoms with Gasteiger partial charge in [0.25, 0.3) is 0 Å². The molecule has 0 atom stereocenters. The molecule has 0 unspecified atom stereocenters. The van der Waals surface area contributed by atoms with E-state index in [0.717, 1.165) is 11.3 Å². The molecule has 1 aliphatic rings. The molecule has 0 saturated heterocycles. The van der Waals surface area contributed by atoms with Crippen LogP contribution in [-0.4, -0.2) is 26.3 Å². The molecule has 25 heavy (non-hydrogen) atoms. The van der Waals surface area contributed by atoms with Crippen molar-refractivity contribution < 1.29 is 13.5 Å². The largest absolute Gasteiger partial charge is 0.486 e. The van der Waals surface area contributed by atoms with E-state index in [1.165, 1.54) is 36.0 Å². The van der Waals surface area contributed by atoms with E-state index in [4.69, 9.17) is 4.74 Å². The second-order valence-electron chi connectivity index (χ2n) is 5.30. The maximum Gasteiger partial charge on any atom is 0.212 e. The Hall–Kier alpha value is -2.74. The van der Waals surface area contributed by atoms with Crippen LogP contribution in [0.4, 0.5) is 8.78 Å². The molecule has 0 bridgehead atoms. The smallest absolute Gasteiger partial charge is 0.212 e. The number of halogens is 2. The number of nitrogens with zero attached hydrogens (tertiary/aromatic N) is 4. The van der Waals surface area contributed by atoms with E-state index < -0.39 is 0 Å². The van der Waals surface area contributed by atoms with E-state index in [1.54, 1.807) is 28.9 Å². The van der Waals surface area contributed by atoms with Gasteiger partial charge in [-0.05, 0) is 42.0 Å². The van der Waals surface area contributed by atoms with E-state index >= 15 is 0 Å². The summed E-state index contributed by atoms with van der Waals surface area (Å²) in [5.41, 5.74) is 1.65. The number of aromatic nitrogens is 3. The highest BCUT2D eigenvalue weighted by Gasteiger charge is 2.20. The van der Waals surface area contributed by atoms with Crippen LogP contribution in [0, 0.1) is 11.6 Å². The Bertz CT molecular complexity index is 923. The van der Waals surface area contributed by atoms with Crippen LogP contribution < -0.4 is 4.74 Å². The van der Waals surface area contributed by atoms with Crippen molar-refractivity contribution in [2.24, 2.45) is 5.10 Å². The summed E-state index contributed by atoms with van der Waals surface area (Å²) in [6, 6.07) is 11.9. The number of hydrogen-bond donors (Lipinski definition) is 0. The molecule has 2 aromatic carbocycles. The fourth-order valence-electron chi connectivity index (χ4n) is 2.32. The van der Waals surface area contributed by atoms with Gasteiger partial charge in [0, 0.05) is 5.75 Å². The van der Waals surface area contributed by atoms with Crippen molar-refractivity contribution >= 4 is 17.5 Å². The molecule has 2 heterocycles. The van der Waals surface area contributed by atoms with Crippen molar-refractivity contribution in [1.82, 2.24) is 14.9 Å². The molecule has 0 fully saturated rings. The van der Waals surface area contributed by atoms with Crippen LogP contribution in [0.1, 0.15) is 11.4 Å². The predicted octanol–water partition coefficient (Wildman–Crippen LogP) is 3.49. The Morgan fingerprint density at radius 2 is 1.64 bits per heavy atom. The van der Waals surface area contributed by atoms with Gasteiger partial charge in [0.05, 0.1) is 5.71 Å². The normalized spacial score (nSPS) is 13.3. The lowest BCUT2D eigenvalue weighted by molar-refractivity contribution is 0.289. The third-order valence-electron chi connectivity index (χ3n) is 3.59. The summed E-state index contributed by atoms with van der Waals surface area (Å²) in [6.07, 6.45) is 0. The zero-order chi connectivity index (χ0) is 17.2. The van der Waals surface area contributed by atoms with Crippen LogP contribution in [0.15, 0.2) is 58.8 Å². The Balaban J connectivity index is 1.56. The lowest BCUT2D eigenvalue weighted by Gasteiger charge is -2.14. The first-order chi connectivity index (χ1) is 12.2. The van der Waals surface area contributed by atoms with E-state index in [1.807, 2.05) is 0 Å². The summed E-state index contributed by atoms with van der Waals surface area (Å²) in [4.78, 5) is 0. The van der Waals surface area contributed by atoms with Crippen LogP contribution in [0.5, 0.6) is 5.75 Å². The van der Waals surface area contributed by atoms with Crippen LogP contribution >= 0.6 is 11.8 Å². The van der Waals surface area contributed by atoms with Gasteiger partial charge in [-0.15, -0.1) is 10.2 Å². The van der Waals surface area contributed by atoms with Gasteiger partial charge >= 0.3 is 0 Å². The van der Waals surface area contributed by atoms with Crippen molar-refractivity contribution in [2.75, 3.05) is 5.75 Å². The van der Waals surface area contributed by atoms with E-state index in [0.29, 0.717) is 22.5 Å². The first kappa shape index (κ1) is 15.8. The first-order valence-corrected chi connectivity index (χ1v) is 8.47. The number of fused-ring (bicyclic) bond motifs is 1. The Kier molecular flexibility index (Phi) is 4.19. The molecule has 1 aliphatic heterocycles. The average Bonchev–Trinajstić information content (AvgIpc) is 3.04. The quantitative estimate of drug-likeness (QED) is 0.716. The highest BCUT2D eigenvalue weighted by atomic mass is 32.2. The second kappa shape index (κ2) is 6.64. The third-order valence-corrected chi connectivity index (χ3v) is 4.52. The molecule has 8 heteroatoms. The zero-order valence-electron chi connectivity index (χ0n) is 12.9. The summed E-state index contributed by atoms with van der Waals surface area (Å²) >= 11 is 1.50. The second-order valence-corrected chi connectivity index (χ2v) is 6.24. The van der Waals surface area contributed by atoms with Gasteiger partial charge in [0.1, 0.15) is 24.0 Å². The van der Waals surface area contributed by atoms with Crippen LogP contribution in [0.25, 0.3) is 0 Å². The van der Waals surface area contributed by atoms with Gasteiger partial charge in [-0.3, -0.25) is 0 Å². The van der Waals surface area contributed by atoms with Crippen molar-refractivity contribution in [3.05, 3.63) is 71.6 Å². The van der Waals surface area contributed by atoms with E-state index in [9.17, 15) is 8.78 Å². The fourth-order valence-corrected chi connectivity index (χ4v) is 3.18. The van der Waals surface area contributed by atoms with Gasteiger partial charge in [-0.2, -0.15) is 9.78 Å². The molecule has 5 nitrogen and oxygen atoms in total. The maximum absolute atomic E-state index is 13.1. The van der Waals surface area contributed by atoms with Gasteiger partial charge in [-0.1, -0.05) is 23.9 Å². The van der Waals surface area contributed by atoms with Crippen molar-refractivity contribution in [1.29, 1.82) is 0 Å². The molecule has 3 aromatic rings. The molecule has 0 radical (unpaired) electrons. The minimum absolute atomic E-state index is 0.152. The van der Waals surface area contributed by atoms with Gasteiger partial charge in [0.15, 0.2) is 5.82 Å². The number of thioether (sulfide) groups is 1. The molecule has 4 rings (SSSR count). The maximum atomic E-state index is 13.1. The van der Waals surface area contributed by atoms with Crippen molar-refractivity contribution in [2.45, 2.75) is 11.8 Å². The predicted molar refractivity (Wildman–Crippen MR) is 89.8 cm³/mol. The first-order valence-electron chi connectivity index (χ1n) is 7.48. The topological polar surface area (TPSA) is 52.3 Å². The molecular weight excluding hydrogens is 346 g/mol. The van der Waals surface area contributed by atoms with E-state index in [-0.39, 0.29) is 18.2 Å². The number of hydrogen-bond acceptors (Lipinski definition) is 5. The molecule has 0 N–H and O–H groups in total. The average molecular weight is 358 g/mol. The molecule has 0 saturated carbocycles. The van der Waals surface area contributed by atoms with Crippen molar-refractivity contribution in [3.63, 3.8) is 0 Å². The van der Waals surface area contributed by atoms with Crippen LogP contribution in [-0.2, 0) is 6.61 Å². The molecule has 0 aliphatic carbocycles. The minimum atomic E-state index is -0.322. The Morgan fingerprint density at radius 3 is 2.36 bits per heavy atom. The highest BCUT2D eigenvalue weighted by Crippen LogP contribution is 2.24. The molecule has 0 spiro atoms. The van der Waals surface area contributed by atoms with Gasteiger partial charge in [0.2, 0.25) is 5.16 Å². The Labute approximate surface area is 146 Å². The zero-order valence-corrected chi connectivity index (χ0v) is 13.7. The standard InChI is InChI=1S/C17H12F2N4OS/c18-12-3-1-11(2-4-12)15-10-25-17-21-20-16(23(17)22-15)9-24-14-7-5-13(19)6-8-14/h1-8H,9-10H2. The summed E-state index contributed by atoms with van der Waals surface area (Å²) in [6.45, 7) is 0.152. The summed E-state index contributed by atoms with van der Waals surface area (Å²) in [5, 5.41) is 13.4. The van der Waals surface area contributed by atoms with Crippen LogP contribution in [0.3, 0.4) is 0 Å². The highest BCUT2D eigenvalue weighted by molar-refractivity contribution is 7.99. The number of benzene rings is 2. The monoisotopic (exact) mass is 358 g/mol. The van der Waals surface area contributed by atoms with Gasteiger partial charge in [-0.25, -0.2) is 8.78 Å². The molecule has 0 amide bonds. The third kappa shape index (κ3) is 3.39. The van der Waals surface area contributed by atoms with Gasteiger partial charge < -0.3 is 4.74 Å². The van der Waals surface area contributed by atoms with Crippen LogP contribution in [0.2, 0.25) is 0 Å². The number of rotatable bonds is 4. The fraction of sp³-hybridized carbons (Fsp3) is 0.118. The molecular formula is C17H12F2N4OS. The lowest BCUT2D eigenvalue weighted by Crippen LogP contribution is -2.15. The van der Waals surface area contributed by atoms with E-state index in [2.05, 4.69) is 15.3 Å². The molecule has 1 aromatic heterocycles. The lowest BCUT2D eigenvalue weighted by atomic mass is 10.1. The summed E-state index contributed by atoms with van der Waals surface area (Å²) < 4.78 is 33.2. The summed E-state index contributed by atoms with van der Waals surface area (Å²) in [5.74, 6) is 1.09. The molecule has 126 valence electrons. The SMILES string of the molecule is Fc1ccc(OCc2nnc3n2N=C(c2ccc(F)cc2)CS3)cc1. The van der Waals surface area contributed by atoms with Crippen molar-refractivity contribution in [3.8, 4) is 5.75 Å². The Morgan fingerprint density at radius 1 is 0.960 bits per heavy atom. The minimum Gasteiger partial charge on any atom is -0.486 e.